The van der Waals surface area contributed by atoms with Gasteiger partial charge in [-0.2, -0.15) is 0 Å². The highest BCUT2D eigenvalue weighted by atomic mass is 31.0. The Hall–Kier alpha value is -2.31. The van der Waals surface area contributed by atoms with Crippen molar-refractivity contribution in [3.63, 3.8) is 0 Å². The van der Waals surface area contributed by atoms with Crippen molar-refractivity contribution in [2.45, 2.75) is 39.7 Å². The predicted molar refractivity (Wildman–Crippen MR) is 119 cm³/mol. The molecule has 1 amide bonds. The Bertz CT molecular complexity index is 688. The minimum absolute atomic E-state index is 0.292. The summed E-state index contributed by atoms with van der Waals surface area (Å²) in [5, 5.41) is 3.11. The molecule has 0 fully saturated rings. The number of nitrogens with zero attached hydrogens (tertiary/aromatic N) is 2. The van der Waals surface area contributed by atoms with E-state index in [1.807, 2.05) is 27.7 Å². The van der Waals surface area contributed by atoms with Crippen LogP contribution in [0.15, 0.2) is 53.7 Å². The number of amides is 1. The first-order valence-electron chi connectivity index (χ1n) is 8.71. The first-order valence-corrected chi connectivity index (χ1v) is 9.29. The van der Waals surface area contributed by atoms with Gasteiger partial charge in [-0.1, -0.05) is 53.6 Å². The van der Waals surface area contributed by atoms with Gasteiger partial charge in [0.15, 0.2) is 0 Å². The Labute approximate surface area is 166 Å². The number of allylic oxidation sites excluding steroid dienone is 3. The van der Waals surface area contributed by atoms with Crippen molar-refractivity contribution in [2.75, 3.05) is 20.1 Å². The third-order valence-corrected chi connectivity index (χ3v) is 3.30. The second-order valence-corrected chi connectivity index (χ2v) is 7.12. The molecular formula is C21H32N3O2P. The molecule has 0 aliphatic rings. The molecular weight excluding hydrogens is 357 g/mol. The van der Waals surface area contributed by atoms with E-state index in [2.05, 4.69) is 50.9 Å². The molecule has 0 saturated carbocycles. The van der Waals surface area contributed by atoms with E-state index >= 15 is 0 Å². The standard InChI is InChI=1S/C21H32N3O2P/c1-9-13-24(20(25)26-21(5,6)7)15-19(22-8)23-18(4)17(3)11-10-16(2)12-14-27/h10-11H,2-4,9,13,15,27H2,1,5-8H3,(H,22,23)/b11-10-. The normalized spacial score (nSPS) is 11.4. The monoisotopic (exact) mass is 389 g/mol. The average molecular weight is 389 g/mol. The lowest BCUT2D eigenvalue weighted by Gasteiger charge is -2.28. The topological polar surface area (TPSA) is 53.9 Å². The Balaban J connectivity index is 5.01. The van der Waals surface area contributed by atoms with Crippen LogP contribution in [-0.4, -0.2) is 42.6 Å². The van der Waals surface area contributed by atoms with E-state index in [1.54, 1.807) is 24.1 Å². The molecule has 0 aliphatic heterocycles. The summed E-state index contributed by atoms with van der Waals surface area (Å²) < 4.78 is 5.47. The number of nitrogens with one attached hydrogen (secondary N) is 1. The second-order valence-electron chi connectivity index (χ2n) is 6.83. The van der Waals surface area contributed by atoms with Gasteiger partial charge in [-0.15, -0.1) is 0 Å². The van der Waals surface area contributed by atoms with Crippen LogP contribution in [0.1, 0.15) is 34.1 Å². The van der Waals surface area contributed by atoms with E-state index in [0.717, 1.165) is 6.42 Å². The van der Waals surface area contributed by atoms with Crippen molar-refractivity contribution in [3.8, 4) is 11.6 Å². The summed E-state index contributed by atoms with van der Waals surface area (Å²) in [5.41, 5.74) is 4.07. The fraction of sp³-hybridized carbons (Fsp3) is 0.429. The van der Waals surface area contributed by atoms with Crippen LogP contribution in [0.5, 0.6) is 0 Å². The molecule has 0 rings (SSSR count). The van der Waals surface area contributed by atoms with Crippen LogP contribution in [0, 0.1) is 11.6 Å². The van der Waals surface area contributed by atoms with Gasteiger partial charge in [-0.3, -0.25) is 4.99 Å². The maximum absolute atomic E-state index is 12.4. The Morgan fingerprint density at radius 1 is 1.30 bits per heavy atom. The molecule has 1 N–H and O–H groups in total. The van der Waals surface area contributed by atoms with Crippen molar-refractivity contribution >= 4 is 21.2 Å². The van der Waals surface area contributed by atoms with Gasteiger partial charge >= 0.3 is 6.09 Å². The summed E-state index contributed by atoms with van der Waals surface area (Å²) in [4.78, 5) is 18.2. The number of ether oxygens (including phenoxy) is 1. The average Bonchev–Trinajstić information content (AvgIpc) is 2.56. The van der Waals surface area contributed by atoms with Crippen molar-refractivity contribution in [1.29, 1.82) is 0 Å². The molecule has 148 valence electrons. The van der Waals surface area contributed by atoms with Crippen LogP contribution in [0.4, 0.5) is 4.79 Å². The second kappa shape index (κ2) is 12.1. The van der Waals surface area contributed by atoms with E-state index in [1.165, 1.54) is 0 Å². The van der Waals surface area contributed by atoms with Gasteiger partial charge in [0.25, 0.3) is 0 Å². The summed E-state index contributed by atoms with van der Waals surface area (Å²) in [6.07, 6.45) is 3.98. The molecule has 0 aliphatic carbocycles. The van der Waals surface area contributed by atoms with Crippen LogP contribution in [0.2, 0.25) is 0 Å². The Morgan fingerprint density at radius 3 is 2.41 bits per heavy atom. The summed E-state index contributed by atoms with van der Waals surface area (Å²) in [5.74, 6) is 3.42. The van der Waals surface area contributed by atoms with Gasteiger partial charge in [0.05, 0.1) is 6.54 Å². The van der Waals surface area contributed by atoms with Crippen LogP contribution in [0.3, 0.4) is 0 Å². The molecule has 0 radical (unpaired) electrons. The van der Waals surface area contributed by atoms with E-state index in [9.17, 15) is 4.79 Å². The quantitative estimate of drug-likeness (QED) is 0.222. The maximum atomic E-state index is 12.4. The van der Waals surface area contributed by atoms with Gasteiger partial charge < -0.3 is 15.0 Å². The van der Waals surface area contributed by atoms with Crippen molar-refractivity contribution in [3.05, 3.63) is 48.7 Å². The number of rotatable bonds is 8. The zero-order valence-corrected chi connectivity index (χ0v) is 18.3. The van der Waals surface area contributed by atoms with Crippen LogP contribution in [-0.2, 0) is 4.74 Å². The number of amidine groups is 1. The van der Waals surface area contributed by atoms with E-state index in [0.29, 0.717) is 35.8 Å². The summed E-state index contributed by atoms with van der Waals surface area (Å²) >= 11 is 0. The first-order chi connectivity index (χ1) is 12.5. The highest BCUT2D eigenvalue weighted by molar-refractivity contribution is 7.23. The molecule has 27 heavy (non-hydrogen) atoms. The zero-order chi connectivity index (χ0) is 21.0. The van der Waals surface area contributed by atoms with Crippen molar-refractivity contribution in [2.24, 2.45) is 4.99 Å². The van der Waals surface area contributed by atoms with Gasteiger partial charge in [0, 0.05) is 24.9 Å². The molecule has 1 atom stereocenters. The fourth-order valence-electron chi connectivity index (χ4n) is 1.87. The van der Waals surface area contributed by atoms with Crippen molar-refractivity contribution in [1.82, 2.24) is 10.2 Å². The Kier molecular flexibility index (Phi) is 11.1. The highest BCUT2D eigenvalue weighted by Crippen LogP contribution is 2.11. The molecule has 1 unspecified atom stereocenters. The predicted octanol–water partition coefficient (Wildman–Crippen LogP) is 4.27. The van der Waals surface area contributed by atoms with Crippen LogP contribution < -0.4 is 5.32 Å². The Morgan fingerprint density at radius 2 is 1.93 bits per heavy atom. The number of aliphatic imine (C=N–C) groups is 1. The third kappa shape index (κ3) is 11.1. The molecule has 0 aromatic carbocycles. The fourth-order valence-corrected chi connectivity index (χ4v) is 2.05. The lowest BCUT2D eigenvalue weighted by molar-refractivity contribution is 0.0278. The van der Waals surface area contributed by atoms with E-state index in [-0.39, 0.29) is 6.09 Å². The zero-order valence-electron chi connectivity index (χ0n) is 17.2. The molecule has 0 aromatic rings. The molecule has 0 spiro atoms. The first kappa shape index (κ1) is 24.7. The summed E-state index contributed by atoms with van der Waals surface area (Å²) in [6.45, 7) is 20.2. The summed E-state index contributed by atoms with van der Waals surface area (Å²) in [6, 6.07) is 0. The largest absolute Gasteiger partial charge is 0.444 e. The minimum atomic E-state index is -0.551. The maximum Gasteiger partial charge on any atom is 0.410 e. The van der Waals surface area contributed by atoms with Crippen LogP contribution in [0.25, 0.3) is 0 Å². The molecule has 0 aromatic heterocycles. The smallest absolute Gasteiger partial charge is 0.410 e. The summed E-state index contributed by atoms with van der Waals surface area (Å²) in [7, 11) is 3.98. The van der Waals surface area contributed by atoms with E-state index < -0.39 is 5.60 Å². The lowest BCUT2D eigenvalue weighted by atomic mass is 10.2. The lowest BCUT2D eigenvalue weighted by Crippen LogP contribution is -2.43. The number of carbonyl (C=O) groups is 1. The van der Waals surface area contributed by atoms with Gasteiger partial charge in [0.2, 0.25) is 0 Å². The van der Waals surface area contributed by atoms with Crippen LogP contribution >= 0.6 is 9.24 Å². The molecule has 0 saturated heterocycles. The number of carbonyl (C=O) groups excluding carboxylic acids is 1. The molecule has 0 heterocycles. The van der Waals surface area contributed by atoms with Gasteiger partial charge in [-0.05, 0) is 38.8 Å². The van der Waals surface area contributed by atoms with E-state index in [4.69, 9.17) is 4.74 Å². The third-order valence-electron chi connectivity index (χ3n) is 3.16. The molecule has 5 nitrogen and oxygen atoms in total. The van der Waals surface area contributed by atoms with Gasteiger partial charge in [0.1, 0.15) is 11.4 Å². The minimum Gasteiger partial charge on any atom is -0.444 e. The molecule has 6 heteroatoms. The SMILES string of the molecule is C=C(C#CP)/C=C\C(=C)C(=C)NC(CN(CCC)C(=O)OC(C)(C)C)=NC. The van der Waals surface area contributed by atoms with Gasteiger partial charge in [-0.25, -0.2) is 4.79 Å². The highest BCUT2D eigenvalue weighted by Gasteiger charge is 2.22. The number of hydrogen-bond donors (Lipinski definition) is 1. The number of hydrogen-bond acceptors (Lipinski definition) is 3. The van der Waals surface area contributed by atoms with Crippen molar-refractivity contribution < 1.29 is 9.53 Å². The molecule has 0 bridgehead atoms.